The zero-order chi connectivity index (χ0) is 34.6. The van der Waals surface area contributed by atoms with Gasteiger partial charge in [-0.2, -0.15) is 0 Å². The minimum absolute atomic E-state index is 0.194. The van der Waals surface area contributed by atoms with Crippen molar-refractivity contribution in [3.05, 3.63) is 181 Å². The van der Waals surface area contributed by atoms with Gasteiger partial charge in [-0.1, -0.05) is 178 Å². The van der Waals surface area contributed by atoms with E-state index in [-0.39, 0.29) is 5.41 Å². The fraction of sp³-hybridized carbons (Fsp3) is 0.0588. The number of hydrogen-bond acceptors (Lipinski definition) is 1. The molecule has 244 valence electrons. The Bertz CT molecular complexity index is 3040. The lowest BCUT2D eigenvalue weighted by Crippen LogP contribution is -2.17. The van der Waals surface area contributed by atoms with Gasteiger partial charge in [0.05, 0.1) is 0 Å². The van der Waals surface area contributed by atoms with Crippen molar-refractivity contribution >= 4 is 54.3 Å². The molecule has 1 nitrogen and oxygen atoms in total. The number of para-hydroxylation sites is 2. The predicted molar refractivity (Wildman–Crippen MR) is 220 cm³/mol. The Labute approximate surface area is 302 Å². The van der Waals surface area contributed by atoms with Crippen molar-refractivity contribution in [1.29, 1.82) is 0 Å². The normalized spacial score (nSPS) is 13.3. The maximum Gasteiger partial charge on any atom is 0.143 e. The van der Waals surface area contributed by atoms with Crippen LogP contribution < -0.4 is 0 Å². The first-order valence-electron chi connectivity index (χ1n) is 18.2. The van der Waals surface area contributed by atoms with Gasteiger partial charge in [0.2, 0.25) is 0 Å². The number of fused-ring (bicyclic) bond motifs is 10. The molecule has 11 rings (SSSR count). The molecule has 10 aromatic rings. The van der Waals surface area contributed by atoms with E-state index in [1.165, 1.54) is 82.4 Å². The molecular weight excluding hydrogens is 629 g/mol. The predicted octanol–water partition coefficient (Wildman–Crippen LogP) is 14.4. The van der Waals surface area contributed by atoms with Crippen molar-refractivity contribution in [1.82, 2.24) is 0 Å². The average Bonchev–Trinajstić information content (AvgIpc) is 3.69. The minimum Gasteiger partial charge on any atom is -0.455 e. The molecule has 0 bridgehead atoms. The van der Waals surface area contributed by atoms with E-state index in [9.17, 15) is 0 Å². The van der Waals surface area contributed by atoms with Gasteiger partial charge < -0.3 is 4.42 Å². The molecule has 1 heteroatoms. The minimum atomic E-state index is -0.194. The molecule has 0 N–H and O–H groups in total. The SMILES string of the molecule is CC1(C)c2c(cccc2-c2c3ccccc3c(-c3ccccc3-c3cccc4c3oc3ccccc34)c3ccccc23)-c2ccc3ccccc3c21. The van der Waals surface area contributed by atoms with Gasteiger partial charge in [-0.15, -0.1) is 0 Å². The van der Waals surface area contributed by atoms with E-state index in [1.807, 2.05) is 6.07 Å². The first kappa shape index (κ1) is 29.3. The van der Waals surface area contributed by atoms with Crippen LogP contribution in [0.2, 0.25) is 0 Å². The van der Waals surface area contributed by atoms with Crippen LogP contribution in [0.15, 0.2) is 174 Å². The molecule has 0 atom stereocenters. The standard InChI is InChI=1S/C51H34O/c1-51(2)48-32-16-4-3-15-31(32)29-30-41(48)40-24-13-27-44(49(40)51)47-38-22-9-7-20-36(38)46(37-21-8-10-23-39(37)47)35-19-6-5-17-33(35)42-25-14-26-43-34-18-11-12-28-45(34)52-50(42)43/h3-30H,1-2H3. The van der Waals surface area contributed by atoms with Crippen molar-refractivity contribution in [3.63, 3.8) is 0 Å². The Morgan fingerprint density at radius 3 is 1.54 bits per heavy atom. The number of benzene rings is 9. The van der Waals surface area contributed by atoms with Gasteiger partial charge in [0.15, 0.2) is 0 Å². The van der Waals surface area contributed by atoms with Crippen LogP contribution >= 0.6 is 0 Å². The first-order chi connectivity index (χ1) is 25.6. The van der Waals surface area contributed by atoms with Gasteiger partial charge in [-0.25, -0.2) is 0 Å². The summed E-state index contributed by atoms with van der Waals surface area (Å²) in [6, 6.07) is 62.2. The molecule has 1 aromatic heterocycles. The van der Waals surface area contributed by atoms with E-state index in [0.29, 0.717) is 0 Å². The van der Waals surface area contributed by atoms with E-state index in [1.54, 1.807) is 0 Å². The third-order valence-electron chi connectivity index (χ3n) is 11.6. The lowest BCUT2D eigenvalue weighted by Gasteiger charge is -2.27. The zero-order valence-corrected chi connectivity index (χ0v) is 29.1. The topological polar surface area (TPSA) is 13.1 Å². The molecule has 0 saturated heterocycles. The van der Waals surface area contributed by atoms with Crippen molar-refractivity contribution in [2.45, 2.75) is 19.3 Å². The summed E-state index contributed by atoms with van der Waals surface area (Å²) >= 11 is 0. The maximum absolute atomic E-state index is 6.60. The first-order valence-corrected chi connectivity index (χ1v) is 18.2. The molecule has 0 aliphatic heterocycles. The van der Waals surface area contributed by atoms with Gasteiger partial charge in [-0.05, 0) is 88.5 Å². The molecule has 1 aliphatic carbocycles. The smallest absolute Gasteiger partial charge is 0.143 e. The van der Waals surface area contributed by atoms with Crippen molar-refractivity contribution < 1.29 is 4.42 Å². The van der Waals surface area contributed by atoms with E-state index in [2.05, 4.69) is 178 Å². The number of hydrogen-bond donors (Lipinski definition) is 0. The van der Waals surface area contributed by atoms with Gasteiger partial charge in [-0.3, -0.25) is 0 Å². The van der Waals surface area contributed by atoms with Crippen LogP contribution in [0.3, 0.4) is 0 Å². The Morgan fingerprint density at radius 2 is 0.808 bits per heavy atom. The molecule has 0 amide bonds. The average molecular weight is 663 g/mol. The van der Waals surface area contributed by atoms with Crippen molar-refractivity contribution in [3.8, 4) is 44.5 Å². The second-order valence-electron chi connectivity index (χ2n) is 14.7. The molecule has 0 fully saturated rings. The van der Waals surface area contributed by atoms with Crippen LogP contribution in [-0.4, -0.2) is 0 Å². The zero-order valence-electron chi connectivity index (χ0n) is 29.1. The van der Waals surface area contributed by atoms with E-state index in [0.717, 1.165) is 27.5 Å². The van der Waals surface area contributed by atoms with Crippen LogP contribution in [0.4, 0.5) is 0 Å². The molecule has 0 unspecified atom stereocenters. The van der Waals surface area contributed by atoms with Crippen LogP contribution in [0, 0.1) is 0 Å². The van der Waals surface area contributed by atoms with Crippen LogP contribution in [0.5, 0.6) is 0 Å². The highest BCUT2D eigenvalue weighted by molar-refractivity contribution is 6.23. The molecule has 0 saturated carbocycles. The van der Waals surface area contributed by atoms with Gasteiger partial charge in [0, 0.05) is 21.8 Å². The highest BCUT2D eigenvalue weighted by Crippen LogP contribution is 2.56. The van der Waals surface area contributed by atoms with Crippen LogP contribution in [0.1, 0.15) is 25.0 Å². The Morgan fingerprint density at radius 1 is 0.327 bits per heavy atom. The van der Waals surface area contributed by atoms with Crippen LogP contribution in [-0.2, 0) is 5.41 Å². The third-order valence-corrected chi connectivity index (χ3v) is 11.6. The largest absolute Gasteiger partial charge is 0.455 e. The Balaban J connectivity index is 1.21. The summed E-state index contributed by atoms with van der Waals surface area (Å²) in [6.45, 7) is 4.84. The number of furan rings is 1. The van der Waals surface area contributed by atoms with Gasteiger partial charge >= 0.3 is 0 Å². The molecule has 1 aliphatic rings. The quantitative estimate of drug-likeness (QED) is 0.172. The van der Waals surface area contributed by atoms with E-state index >= 15 is 0 Å². The van der Waals surface area contributed by atoms with E-state index in [4.69, 9.17) is 4.42 Å². The molecular formula is C51H34O. The lowest BCUT2D eigenvalue weighted by molar-refractivity contribution is 0.668. The summed E-state index contributed by atoms with van der Waals surface area (Å²) in [6.07, 6.45) is 0. The van der Waals surface area contributed by atoms with E-state index < -0.39 is 0 Å². The van der Waals surface area contributed by atoms with Crippen LogP contribution in [0.25, 0.3) is 98.8 Å². The summed E-state index contributed by atoms with van der Waals surface area (Å²) in [5.41, 5.74) is 14.5. The third kappa shape index (κ3) is 3.94. The molecule has 0 spiro atoms. The second-order valence-corrected chi connectivity index (χ2v) is 14.7. The summed E-state index contributed by atoms with van der Waals surface area (Å²) in [5.74, 6) is 0. The maximum atomic E-state index is 6.60. The van der Waals surface area contributed by atoms with Gasteiger partial charge in [0.25, 0.3) is 0 Å². The molecule has 9 aromatic carbocycles. The lowest BCUT2D eigenvalue weighted by atomic mass is 9.75. The Kier molecular flexibility index (Phi) is 6.08. The second kappa shape index (κ2) is 10.8. The summed E-state index contributed by atoms with van der Waals surface area (Å²) < 4.78 is 6.60. The monoisotopic (exact) mass is 662 g/mol. The van der Waals surface area contributed by atoms with Crippen molar-refractivity contribution in [2.75, 3.05) is 0 Å². The van der Waals surface area contributed by atoms with Gasteiger partial charge in [0.1, 0.15) is 11.2 Å². The fourth-order valence-electron chi connectivity index (χ4n) is 9.56. The summed E-state index contributed by atoms with van der Waals surface area (Å²) in [4.78, 5) is 0. The summed E-state index contributed by atoms with van der Waals surface area (Å²) in [5, 5.41) is 9.94. The number of rotatable bonds is 3. The molecule has 0 radical (unpaired) electrons. The molecule has 1 heterocycles. The molecule has 52 heavy (non-hydrogen) atoms. The summed E-state index contributed by atoms with van der Waals surface area (Å²) in [7, 11) is 0. The highest BCUT2D eigenvalue weighted by Gasteiger charge is 2.39. The Hall–Kier alpha value is -6.44. The fourth-order valence-corrected chi connectivity index (χ4v) is 9.56. The highest BCUT2D eigenvalue weighted by atomic mass is 16.3. The van der Waals surface area contributed by atoms with Crippen molar-refractivity contribution in [2.24, 2.45) is 0 Å².